The molecule has 0 saturated heterocycles. The van der Waals surface area contributed by atoms with E-state index in [1.54, 1.807) is 138 Å². The highest BCUT2D eigenvalue weighted by molar-refractivity contribution is 7.14. The predicted molar refractivity (Wildman–Crippen MR) is 508 cm³/mol. The number of para-hydroxylation sites is 1. The summed E-state index contributed by atoms with van der Waals surface area (Å²) in [5.74, 6) is 6.78. The molecular formula is C97H75N21O5S5. The summed E-state index contributed by atoms with van der Waals surface area (Å²) < 4.78 is 23.4. The lowest BCUT2D eigenvalue weighted by Gasteiger charge is -2.09. The van der Waals surface area contributed by atoms with Crippen LogP contribution in [0.1, 0.15) is 16.7 Å². The Hall–Kier alpha value is -16.3. The lowest BCUT2D eigenvalue weighted by molar-refractivity contribution is 0.306. The Morgan fingerprint density at radius 1 is 0.234 bits per heavy atom. The smallest absolute Gasteiger partial charge is 0.227 e. The van der Waals surface area contributed by atoms with E-state index in [1.807, 2.05) is 263 Å². The van der Waals surface area contributed by atoms with Crippen LogP contribution in [-0.4, -0.2) is 84.9 Å². The first-order chi connectivity index (χ1) is 63.2. The Kier molecular flexibility index (Phi) is 29.7. The predicted octanol–water partition coefficient (Wildman–Crippen LogP) is 24.0. The number of aromatic hydroxyl groups is 1. The molecular weight excluding hydrogens is 1700 g/mol. The van der Waals surface area contributed by atoms with Gasteiger partial charge in [-0.2, -0.15) is 0 Å². The van der Waals surface area contributed by atoms with Gasteiger partial charge in [-0.1, -0.05) is 121 Å². The number of pyridine rings is 1. The zero-order valence-corrected chi connectivity index (χ0v) is 71.9. The third kappa shape index (κ3) is 25.9. The fraction of sp³-hybridized carbons (Fsp3) is 0.0309. The van der Waals surface area contributed by atoms with Gasteiger partial charge >= 0.3 is 0 Å². The van der Waals surface area contributed by atoms with E-state index >= 15 is 0 Å². The number of hydrogen-bond acceptors (Lipinski definition) is 31. The topological polar surface area (TPSA) is 324 Å². The van der Waals surface area contributed by atoms with Crippen molar-refractivity contribution in [3.05, 3.63) is 397 Å². The van der Waals surface area contributed by atoms with E-state index in [2.05, 4.69) is 131 Å². The number of nitrogens with one attached hydrogen (secondary N) is 5. The first kappa shape index (κ1) is 85.3. The van der Waals surface area contributed by atoms with Crippen LogP contribution in [0.15, 0.2) is 380 Å². The van der Waals surface area contributed by atoms with Crippen molar-refractivity contribution in [2.45, 2.75) is 19.8 Å². The van der Waals surface area contributed by atoms with Crippen LogP contribution in [0.5, 0.6) is 34.5 Å². The minimum absolute atomic E-state index is 0.195. The number of hydrogen-bond donors (Lipinski definition) is 6. The molecule has 0 saturated carbocycles. The molecule has 26 nitrogen and oxygen atoms in total. The van der Waals surface area contributed by atoms with Gasteiger partial charge in [0.1, 0.15) is 108 Å². The molecule has 0 atom stereocenters. The number of benzene rings is 9. The molecule has 0 amide bonds. The van der Waals surface area contributed by atoms with Crippen LogP contribution in [0.25, 0.3) is 64.6 Å². The van der Waals surface area contributed by atoms with Crippen molar-refractivity contribution < 1.29 is 24.1 Å². The van der Waals surface area contributed by atoms with Crippen LogP contribution in [0, 0.1) is 0 Å². The van der Waals surface area contributed by atoms with E-state index in [-0.39, 0.29) is 5.75 Å². The van der Waals surface area contributed by atoms with E-state index in [9.17, 15) is 5.11 Å². The Balaban J connectivity index is 0.000000118. The minimum Gasteiger partial charge on any atom is -0.508 e. The molecule has 0 aliphatic rings. The van der Waals surface area contributed by atoms with E-state index in [0.717, 1.165) is 139 Å². The second-order valence-corrected chi connectivity index (χ2v) is 31.5. The van der Waals surface area contributed by atoms with Gasteiger partial charge in [0.2, 0.25) is 29.7 Å². The fourth-order valence-electron chi connectivity index (χ4n) is 11.9. The fourth-order valence-corrected chi connectivity index (χ4v) is 14.9. The normalized spacial score (nSPS) is 10.5. The van der Waals surface area contributed by atoms with Gasteiger partial charge in [-0.25, -0.2) is 74.8 Å². The summed E-state index contributed by atoms with van der Waals surface area (Å²) in [4.78, 5) is 69.2. The van der Waals surface area contributed by atoms with Crippen molar-refractivity contribution in [1.29, 1.82) is 0 Å². The van der Waals surface area contributed by atoms with Crippen molar-refractivity contribution >= 4 is 115 Å². The van der Waals surface area contributed by atoms with Gasteiger partial charge in [0, 0.05) is 148 Å². The van der Waals surface area contributed by atoms with E-state index in [1.165, 1.54) is 11.3 Å². The van der Waals surface area contributed by atoms with Crippen LogP contribution in [0.2, 0.25) is 0 Å². The van der Waals surface area contributed by atoms with Crippen molar-refractivity contribution in [2.75, 3.05) is 26.6 Å². The zero-order valence-electron chi connectivity index (χ0n) is 67.8. The summed E-state index contributed by atoms with van der Waals surface area (Å²) in [5.41, 5.74) is 13.8. The molecule has 6 N–H and O–H groups in total. The monoisotopic (exact) mass is 1770 g/mol. The standard InChI is InChI=1S/C25H18N4OS.2C20H16N4OS.C19H15N5OS.C13H10N4OS/c1-2-7-21(8-3-1)30-22-11-9-18(10-12-22)19-5-4-6-20(17-19)28-25-27-14-13-23(29-25)24-26-15-16-31-24;1-2-5-15(6-3-1)14-25-17-8-4-7-16(13-17)23-20-22-10-9-18(24-20)19-21-11-12-26-19;1-2-4-15(5-3-1)14-25-17-8-6-16(7-9-17)23-20-22-11-10-18(24-20)19-21-12-13-26-19;1-2-15(12-16(3-1)25-13-14-4-7-20-8-5-14)23-19-22-9-6-17(24-19)18-21-10-11-26-18;18-10-3-1-2-9(8-10)16-13-15-5-4-11(17-13)12-14-6-7-19-12/h1-17H,(H,27,28,29);2*1-13H,14H2,(H,22,23,24);1-12H,13H2,(H,22,23,24);1-8,18H,(H,15,16,17). The molecule has 20 rings (SSSR count). The molecule has 11 heterocycles. The van der Waals surface area contributed by atoms with Gasteiger partial charge in [-0.3, -0.25) is 4.98 Å². The van der Waals surface area contributed by atoms with Crippen LogP contribution in [0.4, 0.5) is 58.2 Å². The summed E-state index contributed by atoms with van der Waals surface area (Å²) in [5, 5.41) is 39.3. The van der Waals surface area contributed by atoms with Crippen LogP contribution >= 0.6 is 56.7 Å². The molecule has 0 radical (unpaired) electrons. The average Bonchev–Trinajstić information content (AvgIpc) is 1.37. The lowest BCUT2D eigenvalue weighted by atomic mass is 10.1. The number of anilines is 10. The van der Waals surface area contributed by atoms with Crippen LogP contribution < -0.4 is 45.5 Å². The molecule has 128 heavy (non-hydrogen) atoms. The highest BCUT2D eigenvalue weighted by atomic mass is 32.1. The van der Waals surface area contributed by atoms with Crippen molar-refractivity contribution in [1.82, 2.24) is 79.7 Å². The van der Waals surface area contributed by atoms with Gasteiger partial charge < -0.3 is 50.6 Å². The maximum Gasteiger partial charge on any atom is 0.227 e. The van der Waals surface area contributed by atoms with Crippen LogP contribution in [-0.2, 0) is 19.8 Å². The maximum atomic E-state index is 9.41. The van der Waals surface area contributed by atoms with Gasteiger partial charge in [-0.05, 0) is 167 Å². The second kappa shape index (κ2) is 44.7. The highest BCUT2D eigenvalue weighted by Crippen LogP contribution is 2.33. The summed E-state index contributed by atoms with van der Waals surface area (Å²) >= 11 is 7.72. The van der Waals surface area contributed by atoms with Gasteiger partial charge in [0.25, 0.3) is 0 Å². The summed E-state index contributed by atoms with van der Waals surface area (Å²) in [6.07, 6.45) is 20.9. The molecule has 11 aromatic heterocycles. The van der Waals surface area contributed by atoms with E-state index < -0.39 is 0 Å². The van der Waals surface area contributed by atoms with Crippen molar-refractivity contribution in [3.8, 4) is 99.1 Å². The van der Waals surface area contributed by atoms with Crippen LogP contribution in [0.3, 0.4) is 0 Å². The lowest BCUT2D eigenvalue weighted by Crippen LogP contribution is -1.99. The Morgan fingerprint density at radius 2 is 0.555 bits per heavy atom. The maximum absolute atomic E-state index is 9.41. The number of phenolic OH excluding ortho intramolecular Hbond substituents is 1. The molecule has 0 aliphatic carbocycles. The number of thiazole rings is 5. The Labute approximate surface area is 755 Å². The first-order valence-electron chi connectivity index (χ1n) is 39.6. The number of ether oxygens (including phenoxy) is 4. The largest absolute Gasteiger partial charge is 0.508 e. The number of nitrogens with zero attached hydrogens (tertiary/aromatic N) is 16. The van der Waals surface area contributed by atoms with Crippen molar-refractivity contribution in [3.63, 3.8) is 0 Å². The van der Waals surface area contributed by atoms with Gasteiger partial charge in [-0.15, -0.1) is 56.7 Å². The van der Waals surface area contributed by atoms with Gasteiger partial charge in [0.05, 0.1) is 0 Å². The minimum atomic E-state index is 0.195. The molecule has 0 spiro atoms. The zero-order chi connectivity index (χ0) is 86.8. The van der Waals surface area contributed by atoms with E-state index in [4.69, 9.17) is 18.9 Å². The molecule has 0 aliphatic heterocycles. The number of rotatable bonds is 27. The molecule has 0 unspecified atom stereocenters. The molecule has 0 bridgehead atoms. The third-order valence-electron chi connectivity index (χ3n) is 17.9. The number of phenols is 1. The van der Waals surface area contributed by atoms with Crippen molar-refractivity contribution in [2.24, 2.45) is 0 Å². The quantitative estimate of drug-likeness (QED) is 0.0278. The SMILES string of the molecule is Oc1cccc(Nc2nccc(-c3nccs3)n2)c1.c1cc(Nc2nccc(-c3nccs3)n2)cc(OCc2ccncc2)c1.c1ccc(COc2ccc(Nc3nccc(-c4nccs4)n3)cc2)cc1.c1ccc(COc2cccc(Nc3nccc(-c4nccs4)n3)c2)cc1.c1ccc(Oc2ccc(-c3cccc(Nc4nccc(-c5nccs5)n4)c3)cc2)cc1. The molecule has 20 aromatic rings. The second-order valence-electron chi connectivity index (χ2n) is 27.0. The summed E-state index contributed by atoms with van der Waals surface area (Å²) in [6, 6.07) is 89.2. The highest BCUT2D eigenvalue weighted by Gasteiger charge is 2.14. The third-order valence-corrected chi connectivity index (χ3v) is 21.8. The molecule has 628 valence electrons. The first-order valence-corrected chi connectivity index (χ1v) is 44.0. The Morgan fingerprint density at radius 3 is 0.938 bits per heavy atom. The Bertz CT molecular complexity index is 6580. The number of aromatic nitrogens is 16. The summed E-state index contributed by atoms with van der Waals surface area (Å²) in [6.45, 7) is 1.56. The molecule has 31 heteroatoms. The molecule has 9 aromatic carbocycles. The average molecular weight is 1780 g/mol. The summed E-state index contributed by atoms with van der Waals surface area (Å²) in [7, 11) is 0. The molecule has 0 fully saturated rings. The van der Waals surface area contributed by atoms with E-state index in [0.29, 0.717) is 49.6 Å². The van der Waals surface area contributed by atoms with Gasteiger partial charge in [0.15, 0.2) is 0 Å².